The minimum absolute atomic E-state index is 0.177. The van der Waals surface area contributed by atoms with Crippen LogP contribution in [0, 0.1) is 0 Å². The van der Waals surface area contributed by atoms with Crippen molar-refractivity contribution in [3.8, 4) is 11.5 Å². The molecule has 0 spiro atoms. The van der Waals surface area contributed by atoms with Gasteiger partial charge in [-0.25, -0.2) is 4.98 Å². The van der Waals surface area contributed by atoms with Crippen molar-refractivity contribution in [2.75, 3.05) is 24.3 Å². The van der Waals surface area contributed by atoms with Gasteiger partial charge in [-0.2, -0.15) is 4.98 Å². The standard InChI is InChI=1S/C26H28ClN7O3/c1-26(2,3)24-34-33-23(37-24)18-13-29-25(30-16-10-11-17(19(27)12-16)22(36)28-4)32-21(18)31-20(14-35)15-8-6-5-7-9-15/h5-13,20,35H,14H2,1-4H3,(H,28,36)(H2,29,30,31,32)/t20-/m1/s1. The van der Waals surface area contributed by atoms with Crippen LogP contribution in [0.3, 0.4) is 0 Å². The molecule has 0 saturated carbocycles. The van der Waals surface area contributed by atoms with Gasteiger partial charge in [-0.3, -0.25) is 4.79 Å². The Bertz CT molecular complexity index is 1390. The molecule has 1 atom stereocenters. The van der Waals surface area contributed by atoms with Crippen LogP contribution in [0.4, 0.5) is 17.5 Å². The van der Waals surface area contributed by atoms with Gasteiger partial charge in [0.15, 0.2) is 0 Å². The summed E-state index contributed by atoms with van der Waals surface area (Å²) >= 11 is 6.29. The van der Waals surface area contributed by atoms with Gasteiger partial charge in [0.1, 0.15) is 5.82 Å². The summed E-state index contributed by atoms with van der Waals surface area (Å²) in [4.78, 5) is 21.0. The Kier molecular flexibility index (Phi) is 7.70. The van der Waals surface area contributed by atoms with E-state index in [1.165, 1.54) is 7.05 Å². The van der Waals surface area contributed by atoms with Gasteiger partial charge in [-0.15, -0.1) is 10.2 Å². The molecule has 0 aliphatic rings. The summed E-state index contributed by atoms with van der Waals surface area (Å²) in [6, 6.07) is 14.0. The number of carbonyl (C=O) groups is 1. The smallest absolute Gasteiger partial charge is 0.253 e. The number of hydrogen-bond donors (Lipinski definition) is 4. The van der Waals surface area contributed by atoms with Crippen molar-refractivity contribution in [2.45, 2.75) is 32.2 Å². The summed E-state index contributed by atoms with van der Waals surface area (Å²) in [7, 11) is 1.54. The molecule has 0 fully saturated rings. The third-order valence-electron chi connectivity index (χ3n) is 5.48. The zero-order chi connectivity index (χ0) is 26.6. The number of nitrogens with one attached hydrogen (secondary N) is 3. The van der Waals surface area contributed by atoms with Crippen molar-refractivity contribution < 1.29 is 14.3 Å². The molecule has 37 heavy (non-hydrogen) atoms. The summed E-state index contributed by atoms with van der Waals surface area (Å²) in [5.41, 5.74) is 1.97. The topological polar surface area (TPSA) is 138 Å². The fourth-order valence-electron chi connectivity index (χ4n) is 3.47. The zero-order valence-electron chi connectivity index (χ0n) is 20.9. The van der Waals surface area contributed by atoms with Crippen LogP contribution in [0.15, 0.2) is 59.1 Å². The van der Waals surface area contributed by atoms with E-state index in [4.69, 9.17) is 16.0 Å². The van der Waals surface area contributed by atoms with E-state index in [9.17, 15) is 9.90 Å². The highest BCUT2D eigenvalue weighted by Crippen LogP contribution is 2.32. The number of aliphatic hydroxyl groups is 1. The molecule has 11 heteroatoms. The molecule has 0 aliphatic heterocycles. The van der Waals surface area contributed by atoms with Crippen LogP contribution >= 0.6 is 11.6 Å². The van der Waals surface area contributed by atoms with Gasteiger partial charge in [0.05, 0.1) is 28.8 Å². The van der Waals surface area contributed by atoms with E-state index < -0.39 is 6.04 Å². The molecule has 0 radical (unpaired) electrons. The largest absolute Gasteiger partial charge is 0.420 e. The van der Waals surface area contributed by atoms with Crippen LogP contribution in [0.1, 0.15) is 48.6 Å². The van der Waals surface area contributed by atoms with Crippen LogP contribution in [0.2, 0.25) is 5.02 Å². The molecule has 1 amide bonds. The van der Waals surface area contributed by atoms with Crippen LogP contribution in [0.25, 0.3) is 11.5 Å². The number of anilines is 3. The van der Waals surface area contributed by atoms with E-state index in [1.54, 1.807) is 24.4 Å². The number of nitrogens with zero attached hydrogens (tertiary/aromatic N) is 4. The van der Waals surface area contributed by atoms with Crippen molar-refractivity contribution in [3.63, 3.8) is 0 Å². The first-order valence-electron chi connectivity index (χ1n) is 11.6. The highest BCUT2D eigenvalue weighted by molar-refractivity contribution is 6.34. The van der Waals surface area contributed by atoms with Crippen LogP contribution in [-0.4, -0.2) is 44.8 Å². The van der Waals surface area contributed by atoms with E-state index in [1.807, 2.05) is 51.1 Å². The van der Waals surface area contributed by atoms with Gasteiger partial charge < -0.3 is 25.5 Å². The lowest BCUT2D eigenvalue weighted by molar-refractivity contribution is 0.0963. The van der Waals surface area contributed by atoms with Crippen LogP contribution in [-0.2, 0) is 5.41 Å². The van der Waals surface area contributed by atoms with Gasteiger partial charge in [-0.1, -0.05) is 62.7 Å². The molecule has 0 unspecified atom stereocenters. The number of rotatable bonds is 8. The van der Waals surface area contributed by atoms with E-state index >= 15 is 0 Å². The summed E-state index contributed by atoms with van der Waals surface area (Å²) in [5.74, 6) is 1.09. The second kappa shape index (κ2) is 10.9. The molecule has 192 valence electrons. The zero-order valence-corrected chi connectivity index (χ0v) is 21.7. The number of benzene rings is 2. The Morgan fingerprint density at radius 3 is 2.51 bits per heavy atom. The maximum Gasteiger partial charge on any atom is 0.253 e. The third kappa shape index (κ3) is 6.04. The van der Waals surface area contributed by atoms with Gasteiger partial charge in [0.2, 0.25) is 11.8 Å². The normalized spacial score (nSPS) is 12.2. The average molecular weight is 522 g/mol. The van der Waals surface area contributed by atoms with Crippen LogP contribution < -0.4 is 16.0 Å². The van der Waals surface area contributed by atoms with E-state index in [-0.39, 0.29) is 34.8 Å². The molecule has 2 heterocycles. The molecule has 4 aromatic rings. The second-order valence-corrected chi connectivity index (χ2v) is 9.71. The first-order chi connectivity index (χ1) is 17.7. The number of amides is 1. The second-order valence-electron chi connectivity index (χ2n) is 9.31. The van der Waals surface area contributed by atoms with Crippen molar-refractivity contribution in [1.82, 2.24) is 25.5 Å². The molecule has 0 aliphatic carbocycles. The van der Waals surface area contributed by atoms with Crippen molar-refractivity contribution in [2.24, 2.45) is 0 Å². The first kappa shape index (κ1) is 26.1. The van der Waals surface area contributed by atoms with Gasteiger partial charge in [0, 0.05) is 24.3 Å². The number of aliphatic hydroxyl groups excluding tert-OH is 1. The summed E-state index contributed by atoms with van der Waals surface area (Å²) in [6.07, 6.45) is 1.57. The van der Waals surface area contributed by atoms with E-state index in [0.717, 1.165) is 5.56 Å². The lowest BCUT2D eigenvalue weighted by atomic mass is 9.97. The lowest BCUT2D eigenvalue weighted by Gasteiger charge is -2.19. The molecule has 4 rings (SSSR count). The maximum absolute atomic E-state index is 11.9. The number of halogens is 1. The number of hydrogen-bond acceptors (Lipinski definition) is 9. The summed E-state index contributed by atoms with van der Waals surface area (Å²) < 4.78 is 5.94. The molecular weight excluding hydrogens is 494 g/mol. The summed E-state index contributed by atoms with van der Waals surface area (Å²) in [6.45, 7) is 5.75. The molecule has 4 N–H and O–H groups in total. The fraction of sp³-hybridized carbons (Fsp3) is 0.269. The molecule has 10 nitrogen and oxygen atoms in total. The van der Waals surface area contributed by atoms with E-state index in [0.29, 0.717) is 28.5 Å². The van der Waals surface area contributed by atoms with E-state index in [2.05, 4.69) is 36.1 Å². The Morgan fingerprint density at radius 2 is 1.89 bits per heavy atom. The molecule has 2 aromatic carbocycles. The third-order valence-corrected chi connectivity index (χ3v) is 5.79. The predicted molar refractivity (Wildman–Crippen MR) is 142 cm³/mol. The number of carbonyl (C=O) groups excluding carboxylic acids is 1. The Hall–Kier alpha value is -4.02. The van der Waals surface area contributed by atoms with Gasteiger partial charge >= 0.3 is 0 Å². The Balaban J connectivity index is 1.70. The highest BCUT2D eigenvalue weighted by Gasteiger charge is 2.24. The quantitative estimate of drug-likeness (QED) is 0.259. The fourth-order valence-corrected chi connectivity index (χ4v) is 3.74. The monoisotopic (exact) mass is 521 g/mol. The van der Waals surface area contributed by atoms with Gasteiger partial charge in [-0.05, 0) is 23.8 Å². The summed E-state index contributed by atoms with van der Waals surface area (Å²) in [5, 5.41) is 27.7. The minimum Gasteiger partial charge on any atom is -0.420 e. The minimum atomic E-state index is -0.450. The molecular formula is C26H28ClN7O3. The first-order valence-corrected chi connectivity index (χ1v) is 12.0. The van der Waals surface area contributed by atoms with Crippen molar-refractivity contribution in [1.29, 1.82) is 0 Å². The van der Waals surface area contributed by atoms with Crippen LogP contribution in [0.5, 0.6) is 0 Å². The van der Waals surface area contributed by atoms with Crippen molar-refractivity contribution in [3.05, 3.63) is 76.8 Å². The van der Waals surface area contributed by atoms with Crippen molar-refractivity contribution >= 4 is 35.0 Å². The highest BCUT2D eigenvalue weighted by atomic mass is 35.5. The molecule has 0 saturated heterocycles. The van der Waals surface area contributed by atoms with Gasteiger partial charge in [0.25, 0.3) is 11.8 Å². The Labute approximate surface area is 219 Å². The Morgan fingerprint density at radius 1 is 1.14 bits per heavy atom. The molecule has 2 aromatic heterocycles. The molecule has 0 bridgehead atoms. The average Bonchev–Trinajstić information content (AvgIpc) is 3.38. The SMILES string of the molecule is CNC(=O)c1ccc(Nc2ncc(-c3nnc(C(C)(C)C)o3)c(N[C@H](CO)c3ccccc3)n2)cc1Cl. The predicted octanol–water partition coefficient (Wildman–Crippen LogP) is 4.73. The lowest BCUT2D eigenvalue weighted by Crippen LogP contribution is -2.18. The number of aromatic nitrogens is 4. The maximum atomic E-state index is 11.9.